The summed E-state index contributed by atoms with van der Waals surface area (Å²) in [6.07, 6.45) is 1.45. The summed E-state index contributed by atoms with van der Waals surface area (Å²) in [4.78, 5) is 2.01. The highest BCUT2D eigenvalue weighted by molar-refractivity contribution is 5.36. The van der Waals surface area contributed by atoms with Crippen LogP contribution < -0.4 is 4.74 Å². The van der Waals surface area contributed by atoms with Gasteiger partial charge in [-0.2, -0.15) is 0 Å². The lowest BCUT2D eigenvalue weighted by Gasteiger charge is -2.26. The van der Waals surface area contributed by atoms with E-state index in [9.17, 15) is 4.39 Å². The Hall–Kier alpha value is -1.13. The van der Waals surface area contributed by atoms with Crippen molar-refractivity contribution in [1.82, 2.24) is 4.90 Å². The smallest absolute Gasteiger partial charge is 0.123 e. The van der Waals surface area contributed by atoms with Gasteiger partial charge in [-0.15, -0.1) is 0 Å². The Morgan fingerprint density at radius 1 is 1.41 bits per heavy atom. The molecule has 0 heterocycles. The molecule has 1 atom stereocenters. The highest BCUT2D eigenvalue weighted by Gasteiger charge is 2.18. The van der Waals surface area contributed by atoms with Crippen LogP contribution in [0.5, 0.6) is 5.75 Å². The van der Waals surface area contributed by atoms with Crippen molar-refractivity contribution in [2.75, 3.05) is 27.8 Å². The molecule has 1 aromatic carbocycles. The number of aliphatic hydroxyl groups is 1. The summed E-state index contributed by atoms with van der Waals surface area (Å²) >= 11 is 0. The molecule has 0 saturated carbocycles. The fraction of sp³-hybridized carbons (Fsp3) is 0.538. The van der Waals surface area contributed by atoms with Gasteiger partial charge in [0.1, 0.15) is 11.6 Å². The van der Waals surface area contributed by atoms with Crippen molar-refractivity contribution in [2.24, 2.45) is 0 Å². The van der Waals surface area contributed by atoms with E-state index >= 15 is 0 Å². The molecule has 0 saturated heterocycles. The molecule has 1 N–H and O–H groups in total. The molecule has 0 spiro atoms. The number of halogens is 1. The molecular formula is C13H20FNO2. The molecule has 0 bridgehead atoms. The van der Waals surface area contributed by atoms with Gasteiger partial charge in [-0.25, -0.2) is 4.39 Å². The van der Waals surface area contributed by atoms with Crippen molar-refractivity contribution in [3.05, 3.63) is 29.6 Å². The number of methoxy groups -OCH3 is 1. The van der Waals surface area contributed by atoms with Gasteiger partial charge in [0.25, 0.3) is 0 Å². The number of ether oxygens (including phenoxy) is 1. The van der Waals surface area contributed by atoms with E-state index in [1.54, 1.807) is 13.2 Å². The average Bonchev–Trinajstić information content (AvgIpc) is 2.29. The first-order chi connectivity index (χ1) is 8.10. The van der Waals surface area contributed by atoms with E-state index in [1.807, 2.05) is 19.0 Å². The number of rotatable bonds is 6. The van der Waals surface area contributed by atoms with E-state index in [2.05, 4.69) is 0 Å². The molecule has 1 rings (SSSR count). The van der Waals surface area contributed by atoms with Gasteiger partial charge in [-0.05, 0) is 45.1 Å². The minimum absolute atomic E-state index is 0.0489. The monoisotopic (exact) mass is 241 g/mol. The minimum atomic E-state index is -0.267. The highest BCUT2D eigenvalue weighted by atomic mass is 19.1. The van der Waals surface area contributed by atoms with Crippen LogP contribution in [-0.4, -0.2) is 37.8 Å². The van der Waals surface area contributed by atoms with Crippen molar-refractivity contribution in [1.29, 1.82) is 0 Å². The number of hydrogen-bond acceptors (Lipinski definition) is 3. The van der Waals surface area contributed by atoms with Crippen molar-refractivity contribution in [3.63, 3.8) is 0 Å². The molecule has 3 nitrogen and oxygen atoms in total. The number of nitrogens with zero attached hydrogens (tertiary/aromatic N) is 1. The average molecular weight is 241 g/mol. The van der Waals surface area contributed by atoms with Crippen LogP contribution in [-0.2, 0) is 0 Å². The number of aliphatic hydroxyl groups excluding tert-OH is 1. The predicted molar refractivity (Wildman–Crippen MR) is 65.7 cm³/mol. The maximum Gasteiger partial charge on any atom is 0.123 e. The van der Waals surface area contributed by atoms with Gasteiger partial charge < -0.3 is 14.7 Å². The molecule has 1 unspecified atom stereocenters. The lowest BCUT2D eigenvalue weighted by molar-refractivity contribution is 0.231. The summed E-state index contributed by atoms with van der Waals surface area (Å²) in [5, 5.41) is 8.90. The zero-order chi connectivity index (χ0) is 12.8. The lowest BCUT2D eigenvalue weighted by atomic mass is 10.00. The van der Waals surface area contributed by atoms with E-state index in [-0.39, 0.29) is 18.5 Å². The van der Waals surface area contributed by atoms with Crippen LogP contribution in [0.15, 0.2) is 18.2 Å². The first-order valence-electron chi connectivity index (χ1n) is 5.71. The molecule has 0 fully saturated rings. The second-order valence-electron chi connectivity index (χ2n) is 4.23. The van der Waals surface area contributed by atoms with Crippen LogP contribution in [0.1, 0.15) is 24.4 Å². The van der Waals surface area contributed by atoms with Crippen LogP contribution in [0.3, 0.4) is 0 Å². The van der Waals surface area contributed by atoms with Gasteiger partial charge in [0.2, 0.25) is 0 Å². The van der Waals surface area contributed by atoms with Crippen molar-refractivity contribution >= 4 is 0 Å². The van der Waals surface area contributed by atoms with Crippen LogP contribution in [0.2, 0.25) is 0 Å². The van der Waals surface area contributed by atoms with E-state index in [0.717, 1.165) is 12.0 Å². The predicted octanol–water partition coefficient (Wildman–Crippen LogP) is 2.21. The molecule has 0 aromatic heterocycles. The maximum atomic E-state index is 13.3. The number of hydrogen-bond donors (Lipinski definition) is 1. The summed E-state index contributed by atoms with van der Waals surface area (Å²) in [6.45, 7) is 0.141. The maximum absolute atomic E-state index is 13.3. The highest BCUT2D eigenvalue weighted by Crippen LogP contribution is 2.31. The van der Waals surface area contributed by atoms with E-state index in [4.69, 9.17) is 9.84 Å². The van der Waals surface area contributed by atoms with E-state index in [0.29, 0.717) is 12.2 Å². The largest absolute Gasteiger partial charge is 0.496 e. The Morgan fingerprint density at radius 2 is 2.12 bits per heavy atom. The zero-order valence-corrected chi connectivity index (χ0v) is 10.6. The summed E-state index contributed by atoms with van der Waals surface area (Å²) < 4.78 is 18.6. The second kappa shape index (κ2) is 6.57. The van der Waals surface area contributed by atoms with Gasteiger partial charge in [0.05, 0.1) is 7.11 Å². The molecule has 4 heteroatoms. The summed E-state index contributed by atoms with van der Waals surface area (Å²) in [5.74, 6) is 0.416. The Bertz CT molecular complexity index is 355. The first-order valence-corrected chi connectivity index (χ1v) is 5.71. The van der Waals surface area contributed by atoms with Gasteiger partial charge >= 0.3 is 0 Å². The van der Waals surface area contributed by atoms with Crippen molar-refractivity contribution < 1.29 is 14.2 Å². The van der Waals surface area contributed by atoms with Crippen LogP contribution >= 0.6 is 0 Å². The Balaban J connectivity index is 3.02. The van der Waals surface area contributed by atoms with Gasteiger partial charge in [-0.1, -0.05) is 0 Å². The lowest BCUT2D eigenvalue weighted by Crippen LogP contribution is -2.21. The van der Waals surface area contributed by atoms with Crippen LogP contribution in [0.4, 0.5) is 4.39 Å². The Labute approximate surface area is 102 Å². The molecule has 17 heavy (non-hydrogen) atoms. The Morgan fingerprint density at radius 3 is 2.65 bits per heavy atom. The van der Waals surface area contributed by atoms with E-state index < -0.39 is 0 Å². The molecule has 0 radical (unpaired) electrons. The molecule has 0 aliphatic rings. The van der Waals surface area contributed by atoms with Crippen molar-refractivity contribution in [3.8, 4) is 5.75 Å². The summed E-state index contributed by atoms with van der Waals surface area (Å²) in [6, 6.07) is 4.58. The third-order valence-electron chi connectivity index (χ3n) is 2.81. The van der Waals surface area contributed by atoms with Gasteiger partial charge in [0.15, 0.2) is 0 Å². The molecule has 96 valence electrons. The van der Waals surface area contributed by atoms with Crippen molar-refractivity contribution in [2.45, 2.75) is 18.9 Å². The fourth-order valence-corrected chi connectivity index (χ4v) is 1.94. The second-order valence-corrected chi connectivity index (χ2v) is 4.23. The third kappa shape index (κ3) is 3.68. The number of benzene rings is 1. The van der Waals surface area contributed by atoms with E-state index in [1.165, 1.54) is 12.1 Å². The molecule has 0 aliphatic carbocycles. The zero-order valence-electron chi connectivity index (χ0n) is 10.6. The van der Waals surface area contributed by atoms with Gasteiger partial charge in [-0.3, -0.25) is 0 Å². The Kier molecular flexibility index (Phi) is 5.38. The summed E-state index contributed by atoms with van der Waals surface area (Å²) in [7, 11) is 5.45. The standard InChI is InChI=1S/C13H20FNO2/c1-15(2)12(5-4-8-16)11-9-10(14)6-7-13(11)17-3/h6-7,9,12,16H,4-5,8H2,1-3H3. The minimum Gasteiger partial charge on any atom is -0.496 e. The third-order valence-corrected chi connectivity index (χ3v) is 2.81. The first kappa shape index (κ1) is 13.9. The molecule has 0 amide bonds. The molecule has 1 aromatic rings. The quantitative estimate of drug-likeness (QED) is 0.829. The topological polar surface area (TPSA) is 32.7 Å². The normalized spacial score (nSPS) is 12.8. The van der Waals surface area contributed by atoms with Gasteiger partial charge in [0, 0.05) is 18.2 Å². The fourth-order valence-electron chi connectivity index (χ4n) is 1.94. The van der Waals surface area contributed by atoms with Crippen LogP contribution in [0.25, 0.3) is 0 Å². The SMILES string of the molecule is COc1ccc(F)cc1C(CCCO)N(C)C. The summed E-state index contributed by atoms with van der Waals surface area (Å²) in [5.41, 5.74) is 0.825. The van der Waals surface area contributed by atoms with Crippen LogP contribution in [0, 0.1) is 5.82 Å². The molecular weight excluding hydrogens is 221 g/mol. The molecule has 0 aliphatic heterocycles.